The van der Waals surface area contributed by atoms with Gasteiger partial charge in [0.15, 0.2) is 0 Å². The minimum Gasteiger partial charge on any atom is -0.487 e. The van der Waals surface area contributed by atoms with E-state index in [4.69, 9.17) is 4.74 Å². The molecule has 0 amide bonds. The third-order valence-electron chi connectivity index (χ3n) is 4.19. The maximum absolute atomic E-state index is 11.3. The first-order valence-electron chi connectivity index (χ1n) is 7.23. The molecule has 0 radical (unpaired) electrons. The molecule has 1 N–H and O–H groups in total. The van der Waals surface area contributed by atoms with Gasteiger partial charge in [0.05, 0.1) is 0 Å². The molecule has 0 aromatic heterocycles. The van der Waals surface area contributed by atoms with E-state index in [9.17, 15) is 9.90 Å². The van der Waals surface area contributed by atoms with E-state index in [2.05, 4.69) is 26.0 Å². The van der Waals surface area contributed by atoms with Crippen LogP contribution in [0, 0.1) is 0 Å². The van der Waals surface area contributed by atoms with Crippen molar-refractivity contribution in [2.24, 2.45) is 0 Å². The predicted octanol–water partition coefficient (Wildman–Crippen LogP) is 2.45. The summed E-state index contributed by atoms with van der Waals surface area (Å²) >= 11 is 0. The molecule has 2 heterocycles. The van der Waals surface area contributed by atoms with Crippen molar-refractivity contribution in [3.63, 3.8) is 0 Å². The maximum Gasteiger partial charge on any atom is 0.320 e. The van der Waals surface area contributed by atoms with Crippen LogP contribution < -0.4 is 4.74 Å². The third-order valence-corrected chi connectivity index (χ3v) is 4.19. The van der Waals surface area contributed by atoms with Crippen LogP contribution in [-0.2, 0) is 17.8 Å². The van der Waals surface area contributed by atoms with E-state index < -0.39 is 5.97 Å². The van der Waals surface area contributed by atoms with Crippen LogP contribution in [0.5, 0.6) is 5.75 Å². The lowest BCUT2D eigenvalue weighted by atomic mass is 10.0. The lowest BCUT2D eigenvalue weighted by Gasteiger charge is -2.23. The number of likely N-dealkylation sites (tertiary alicyclic amines) is 1. The summed E-state index contributed by atoms with van der Waals surface area (Å²) in [6.45, 7) is 5.69. The number of para-hydroxylation sites is 1. The van der Waals surface area contributed by atoms with E-state index in [0.29, 0.717) is 6.54 Å². The van der Waals surface area contributed by atoms with Crippen LogP contribution in [0.4, 0.5) is 0 Å². The monoisotopic (exact) mass is 275 g/mol. The van der Waals surface area contributed by atoms with Crippen molar-refractivity contribution in [2.75, 3.05) is 6.54 Å². The van der Waals surface area contributed by atoms with E-state index in [-0.39, 0.29) is 11.6 Å². The summed E-state index contributed by atoms with van der Waals surface area (Å²) in [4.78, 5) is 13.3. The van der Waals surface area contributed by atoms with Crippen LogP contribution >= 0.6 is 0 Å². The molecule has 1 atom stereocenters. The van der Waals surface area contributed by atoms with Crippen molar-refractivity contribution in [1.29, 1.82) is 0 Å². The van der Waals surface area contributed by atoms with E-state index in [1.54, 1.807) is 0 Å². The standard InChI is InChI=1S/C16H21NO3/c1-16(2)9-11-5-3-6-12(14(11)20-16)10-17-8-4-7-13(17)15(18)19/h3,5-6,13H,4,7-10H2,1-2H3,(H,18,19). The number of aliphatic carboxylic acids is 1. The van der Waals surface area contributed by atoms with Crippen LogP contribution in [0.25, 0.3) is 0 Å². The largest absolute Gasteiger partial charge is 0.487 e. The topological polar surface area (TPSA) is 49.8 Å². The molecule has 2 aliphatic heterocycles. The molecule has 1 aromatic carbocycles. The SMILES string of the molecule is CC1(C)Cc2cccc(CN3CCCC3C(=O)O)c2O1. The summed E-state index contributed by atoms with van der Waals surface area (Å²) in [6.07, 6.45) is 2.62. The fraction of sp³-hybridized carbons (Fsp3) is 0.562. The maximum atomic E-state index is 11.3. The highest BCUT2D eigenvalue weighted by Crippen LogP contribution is 2.38. The molecular weight excluding hydrogens is 254 g/mol. The van der Waals surface area contributed by atoms with Crippen molar-refractivity contribution < 1.29 is 14.6 Å². The molecule has 4 nitrogen and oxygen atoms in total. The number of fused-ring (bicyclic) bond motifs is 1. The smallest absolute Gasteiger partial charge is 0.320 e. The second kappa shape index (κ2) is 4.77. The summed E-state index contributed by atoms with van der Waals surface area (Å²) < 4.78 is 6.06. The molecule has 4 heteroatoms. The number of hydrogen-bond acceptors (Lipinski definition) is 3. The number of benzene rings is 1. The van der Waals surface area contributed by atoms with Crippen LogP contribution in [-0.4, -0.2) is 34.2 Å². The zero-order valence-corrected chi connectivity index (χ0v) is 12.1. The molecule has 2 aliphatic rings. The van der Waals surface area contributed by atoms with Gasteiger partial charge in [-0.15, -0.1) is 0 Å². The number of carboxylic acid groups (broad SMARTS) is 1. The van der Waals surface area contributed by atoms with Gasteiger partial charge in [-0.05, 0) is 38.8 Å². The molecule has 3 rings (SSSR count). The first kappa shape index (κ1) is 13.4. The lowest BCUT2D eigenvalue weighted by Crippen LogP contribution is -2.35. The summed E-state index contributed by atoms with van der Waals surface area (Å²) in [5.41, 5.74) is 2.19. The van der Waals surface area contributed by atoms with Crippen LogP contribution in [0.2, 0.25) is 0 Å². The molecule has 0 saturated carbocycles. The summed E-state index contributed by atoms with van der Waals surface area (Å²) in [5.74, 6) is 0.255. The molecule has 0 spiro atoms. The summed E-state index contributed by atoms with van der Waals surface area (Å²) in [6, 6.07) is 5.86. The van der Waals surface area contributed by atoms with Crippen molar-refractivity contribution in [2.45, 2.75) is 51.3 Å². The highest BCUT2D eigenvalue weighted by molar-refractivity contribution is 5.73. The fourth-order valence-corrected chi connectivity index (χ4v) is 3.32. The quantitative estimate of drug-likeness (QED) is 0.920. The van der Waals surface area contributed by atoms with Crippen molar-refractivity contribution in [3.05, 3.63) is 29.3 Å². The van der Waals surface area contributed by atoms with Gasteiger partial charge in [0.25, 0.3) is 0 Å². The zero-order chi connectivity index (χ0) is 14.3. The van der Waals surface area contributed by atoms with Gasteiger partial charge in [0.2, 0.25) is 0 Å². The normalized spacial score (nSPS) is 24.4. The van der Waals surface area contributed by atoms with Gasteiger partial charge >= 0.3 is 5.97 Å². The first-order chi connectivity index (χ1) is 9.46. The second-order valence-electron chi connectivity index (χ2n) is 6.41. The van der Waals surface area contributed by atoms with E-state index >= 15 is 0 Å². The number of carboxylic acids is 1. The van der Waals surface area contributed by atoms with Gasteiger partial charge < -0.3 is 9.84 Å². The van der Waals surface area contributed by atoms with Gasteiger partial charge in [-0.25, -0.2) is 0 Å². The minimum absolute atomic E-state index is 0.157. The van der Waals surface area contributed by atoms with Gasteiger partial charge in [-0.3, -0.25) is 9.69 Å². The average molecular weight is 275 g/mol. The molecule has 0 bridgehead atoms. The highest BCUT2D eigenvalue weighted by atomic mass is 16.5. The second-order valence-corrected chi connectivity index (χ2v) is 6.41. The van der Waals surface area contributed by atoms with Gasteiger partial charge in [0, 0.05) is 18.5 Å². The number of carbonyl (C=O) groups is 1. The molecule has 20 heavy (non-hydrogen) atoms. The number of ether oxygens (including phenoxy) is 1. The minimum atomic E-state index is -0.712. The lowest BCUT2D eigenvalue weighted by molar-refractivity contribution is -0.142. The van der Waals surface area contributed by atoms with Gasteiger partial charge in [-0.2, -0.15) is 0 Å². The molecule has 1 aromatic rings. The Balaban J connectivity index is 1.83. The van der Waals surface area contributed by atoms with Crippen LogP contribution in [0.1, 0.15) is 37.8 Å². The Kier molecular flexibility index (Phi) is 3.21. The van der Waals surface area contributed by atoms with Gasteiger partial charge in [0.1, 0.15) is 17.4 Å². The number of rotatable bonds is 3. The molecule has 1 saturated heterocycles. The molecule has 108 valence electrons. The summed E-state index contributed by atoms with van der Waals surface area (Å²) in [7, 11) is 0. The zero-order valence-electron chi connectivity index (χ0n) is 12.1. The fourth-order valence-electron chi connectivity index (χ4n) is 3.32. The van der Waals surface area contributed by atoms with Gasteiger partial charge in [-0.1, -0.05) is 18.2 Å². The van der Waals surface area contributed by atoms with E-state index in [1.807, 2.05) is 11.0 Å². The Morgan fingerprint density at radius 2 is 2.30 bits per heavy atom. The molecule has 1 unspecified atom stereocenters. The Morgan fingerprint density at radius 1 is 1.50 bits per heavy atom. The van der Waals surface area contributed by atoms with Crippen molar-refractivity contribution in [3.8, 4) is 5.75 Å². The summed E-state index contributed by atoms with van der Waals surface area (Å²) in [5, 5.41) is 9.27. The van der Waals surface area contributed by atoms with Crippen LogP contribution in [0.3, 0.4) is 0 Å². The Hall–Kier alpha value is -1.55. The van der Waals surface area contributed by atoms with Crippen molar-refractivity contribution in [1.82, 2.24) is 4.90 Å². The van der Waals surface area contributed by atoms with E-state index in [0.717, 1.165) is 37.1 Å². The Labute approximate surface area is 119 Å². The predicted molar refractivity (Wildman–Crippen MR) is 75.9 cm³/mol. The number of nitrogens with zero attached hydrogens (tertiary/aromatic N) is 1. The molecule has 0 aliphatic carbocycles. The van der Waals surface area contributed by atoms with Crippen LogP contribution in [0.15, 0.2) is 18.2 Å². The Bertz CT molecular complexity index is 539. The third kappa shape index (κ3) is 2.40. The number of hydrogen-bond donors (Lipinski definition) is 1. The molecular formula is C16H21NO3. The first-order valence-corrected chi connectivity index (χ1v) is 7.23. The highest BCUT2D eigenvalue weighted by Gasteiger charge is 2.34. The van der Waals surface area contributed by atoms with E-state index in [1.165, 1.54) is 5.56 Å². The van der Waals surface area contributed by atoms with Crippen molar-refractivity contribution >= 4 is 5.97 Å². The Morgan fingerprint density at radius 3 is 3.05 bits per heavy atom. The average Bonchev–Trinajstić information content (AvgIpc) is 2.92. The molecule has 1 fully saturated rings.